The second-order valence-corrected chi connectivity index (χ2v) is 5.40. The Kier molecular flexibility index (Phi) is 5.88. The minimum Gasteiger partial charge on any atom is -0.323 e. The molecule has 0 aliphatic rings. The summed E-state index contributed by atoms with van der Waals surface area (Å²) in [4.78, 5) is 1.21. The summed E-state index contributed by atoms with van der Waals surface area (Å²) in [5.41, 5.74) is 7.07. The van der Waals surface area contributed by atoms with Crippen molar-refractivity contribution in [3.8, 4) is 0 Å². The van der Waals surface area contributed by atoms with Gasteiger partial charge in [-0.2, -0.15) is 0 Å². The molecule has 0 amide bonds. The fraction of sp³-hybridized carbons (Fsp3) is 0.333. The third-order valence-electron chi connectivity index (χ3n) is 1.53. The van der Waals surface area contributed by atoms with Gasteiger partial charge in [0.05, 0.1) is 3.79 Å². The molecule has 0 spiro atoms. The smallest absolute Gasteiger partial charge is 0.0701 e. The van der Waals surface area contributed by atoms with E-state index in [4.69, 9.17) is 5.73 Å². The molecule has 1 heterocycles. The summed E-state index contributed by atoms with van der Waals surface area (Å²) in [5.74, 6) is 0. The van der Waals surface area contributed by atoms with Gasteiger partial charge in [-0.15, -0.1) is 30.3 Å². The zero-order chi connectivity index (χ0) is 9.14. The van der Waals surface area contributed by atoms with E-state index in [9.17, 15) is 0 Å². The number of hydrogen-bond donors (Lipinski definition) is 1. The normalized spacial score (nSPS) is 11.9. The van der Waals surface area contributed by atoms with Crippen LogP contribution in [0.25, 0.3) is 0 Å². The second-order valence-electron chi connectivity index (χ2n) is 2.91. The maximum Gasteiger partial charge on any atom is 0.0701 e. The molecule has 0 saturated heterocycles. The van der Waals surface area contributed by atoms with E-state index in [1.165, 1.54) is 4.88 Å². The Bertz CT molecular complexity index is 285. The lowest BCUT2D eigenvalue weighted by atomic mass is 10.1. The molecule has 0 aromatic carbocycles. The third kappa shape index (κ3) is 4.27. The molecule has 0 radical (unpaired) electrons. The van der Waals surface area contributed by atoms with Crippen molar-refractivity contribution < 1.29 is 0 Å². The van der Waals surface area contributed by atoms with E-state index in [0.717, 1.165) is 15.8 Å². The lowest BCUT2D eigenvalue weighted by molar-refractivity contribution is 0.731. The summed E-state index contributed by atoms with van der Waals surface area (Å²) in [6, 6.07) is 4.19. The van der Waals surface area contributed by atoms with Crippen molar-refractivity contribution >= 4 is 39.7 Å². The Morgan fingerprint density at radius 1 is 1.69 bits per heavy atom. The number of hydrogen-bond acceptors (Lipinski definition) is 2. The number of thiophene rings is 1. The van der Waals surface area contributed by atoms with Crippen molar-refractivity contribution in [3.63, 3.8) is 0 Å². The van der Waals surface area contributed by atoms with E-state index in [1.807, 2.05) is 13.0 Å². The van der Waals surface area contributed by atoms with Gasteiger partial charge >= 0.3 is 0 Å². The van der Waals surface area contributed by atoms with Crippen LogP contribution in [0.1, 0.15) is 24.3 Å². The molecule has 0 fully saturated rings. The molecule has 1 aromatic heterocycles. The fourth-order valence-corrected chi connectivity index (χ4v) is 2.43. The summed E-state index contributed by atoms with van der Waals surface area (Å²) >= 11 is 5.10. The molecule has 4 heteroatoms. The van der Waals surface area contributed by atoms with Gasteiger partial charge in [0.2, 0.25) is 0 Å². The molecule has 1 atom stereocenters. The molecule has 0 aliphatic heterocycles. The quantitative estimate of drug-likeness (QED) is 0.836. The van der Waals surface area contributed by atoms with Crippen LogP contribution in [0.15, 0.2) is 28.1 Å². The van der Waals surface area contributed by atoms with Crippen LogP contribution in [0, 0.1) is 0 Å². The topological polar surface area (TPSA) is 26.0 Å². The van der Waals surface area contributed by atoms with Gasteiger partial charge in [-0.05, 0) is 41.4 Å². The maximum atomic E-state index is 5.94. The molecular formula is C9H13BrClNS. The van der Waals surface area contributed by atoms with Gasteiger partial charge in [0.25, 0.3) is 0 Å². The van der Waals surface area contributed by atoms with Crippen molar-refractivity contribution in [1.82, 2.24) is 0 Å². The van der Waals surface area contributed by atoms with Gasteiger partial charge in [-0.25, -0.2) is 0 Å². The summed E-state index contributed by atoms with van der Waals surface area (Å²) in [5, 5.41) is 0. The van der Waals surface area contributed by atoms with Crippen LogP contribution in [0.3, 0.4) is 0 Å². The largest absolute Gasteiger partial charge is 0.323 e. The highest BCUT2D eigenvalue weighted by Crippen LogP contribution is 2.28. The van der Waals surface area contributed by atoms with E-state index >= 15 is 0 Å². The summed E-state index contributed by atoms with van der Waals surface area (Å²) in [6.07, 6.45) is 0.868. The van der Waals surface area contributed by atoms with Crippen LogP contribution in [0.4, 0.5) is 0 Å². The number of nitrogens with two attached hydrogens (primary N) is 1. The highest BCUT2D eigenvalue weighted by molar-refractivity contribution is 9.11. The SMILES string of the molecule is C=C(C)C[C@@H](N)c1ccc(Br)s1.Cl. The van der Waals surface area contributed by atoms with Crippen LogP contribution < -0.4 is 5.73 Å². The first-order valence-corrected chi connectivity index (χ1v) is 5.35. The number of halogens is 2. The van der Waals surface area contributed by atoms with E-state index in [-0.39, 0.29) is 18.4 Å². The van der Waals surface area contributed by atoms with E-state index in [2.05, 4.69) is 28.6 Å². The summed E-state index contributed by atoms with van der Waals surface area (Å²) in [7, 11) is 0. The molecular weight excluding hydrogens is 270 g/mol. The molecule has 0 aliphatic carbocycles. The third-order valence-corrected chi connectivity index (χ3v) is 3.28. The van der Waals surface area contributed by atoms with E-state index < -0.39 is 0 Å². The predicted octanol–water partition coefficient (Wildman–Crippen LogP) is 3.90. The molecule has 1 nitrogen and oxygen atoms in total. The zero-order valence-electron chi connectivity index (χ0n) is 7.42. The van der Waals surface area contributed by atoms with E-state index in [1.54, 1.807) is 11.3 Å². The monoisotopic (exact) mass is 281 g/mol. The van der Waals surface area contributed by atoms with Gasteiger partial charge in [0.15, 0.2) is 0 Å². The lowest BCUT2D eigenvalue weighted by Gasteiger charge is -2.07. The molecule has 0 unspecified atom stereocenters. The van der Waals surface area contributed by atoms with Crippen LogP contribution in [0.2, 0.25) is 0 Å². The molecule has 74 valence electrons. The van der Waals surface area contributed by atoms with Crippen molar-refractivity contribution in [1.29, 1.82) is 0 Å². The Hall–Kier alpha value is 0.170. The maximum absolute atomic E-state index is 5.94. The first-order valence-electron chi connectivity index (χ1n) is 3.75. The van der Waals surface area contributed by atoms with Gasteiger partial charge in [0.1, 0.15) is 0 Å². The van der Waals surface area contributed by atoms with E-state index in [0.29, 0.717) is 0 Å². The Morgan fingerprint density at radius 3 is 2.69 bits per heavy atom. The summed E-state index contributed by atoms with van der Waals surface area (Å²) < 4.78 is 1.13. The minimum absolute atomic E-state index is 0. The standard InChI is InChI=1S/C9H12BrNS.ClH/c1-6(2)5-7(11)8-3-4-9(10)12-8;/h3-4,7H,1,5,11H2,2H3;1H/t7-;/m1./s1. The van der Waals surface area contributed by atoms with Crippen LogP contribution in [-0.2, 0) is 0 Å². The Morgan fingerprint density at radius 2 is 2.31 bits per heavy atom. The van der Waals surface area contributed by atoms with Crippen LogP contribution >= 0.6 is 39.7 Å². The first-order chi connectivity index (χ1) is 5.59. The van der Waals surface area contributed by atoms with Gasteiger partial charge in [0, 0.05) is 10.9 Å². The molecule has 0 bridgehead atoms. The minimum atomic E-state index is 0. The van der Waals surface area contributed by atoms with Gasteiger partial charge < -0.3 is 5.73 Å². The zero-order valence-corrected chi connectivity index (χ0v) is 10.6. The van der Waals surface area contributed by atoms with Gasteiger partial charge in [-0.1, -0.05) is 5.57 Å². The van der Waals surface area contributed by atoms with Crippen molar-refractivity contribution in [2.24, 2.45) is 5.73 Å². The average Bonchev–Trinajstić information content (AvgIpc) is 2.34. The summed E-state index contributed by atoms with van der Waals surface area (Å²) in [6.45, 7) is 5.84. The second kappa shape index (κ2) is 5.81. The van der Waals surface area contributed by atoms with Crippen LogP contribution in [0.5, 0.6) is 0 Å². The number of rotatable bonds is 3. The molecule has 0 saturated carbocycles. The lowest BCUT2D eigenvalue weighted by Crippen LogP contribution is -2.08. The van der Waals surface area contributed by atoms with Crippen LogP contribution in [-0.4, -0.2) is 0 Å². The molecule has 1 aromatic rings. The van der Waals surface area contributed by atoms with Crippen molar-refractivity contribution in [2.75, 3.05) is 0 Å². The Labute approximate surface area is 97.6 Å². The van der Waals surface area contributed by atoms with Crippen molar-refractivity contribution in [3.05, 3.63) is 32.9 Å². The average molecular weight is 283 g/mol. The fourth-order valence-electron chi connectivity index (χ4n) is 1.00. The molecule has 1 rings (SSSR count). The molecule has 13 heavy (non-hydrogen) atoms. The Balaban J connectivity index is 0.00000144. The predicted molar refractivity (Wildman–Crippen MR) is 65.6 cm³/mol. The van der Waals surface area contributed by atoms with Gasteiger partial charge in [-0.3, -0.25) is 0 Å². The highest BCUT2D eigenvalue weighted by Gasteiger charge is 2.07. The molecule has 2 N–H and O–H groups in total. The highest BCUT2D eigenvalue weighted by atomic mass is 79.9. The first kappa shape index (κ1) is 13.2. The van der Waals surface area contributed by atoms with Crippen molar-refractivity contribution in [2.45, 2.75) is 19.4 Å².